The summed E-state index contributed by atoms with van der Waals surface area (Å²) < 4.78 is 11.0. The Morgan fingerprint density at radius 3 is 2.31 bits per heavy atom. The van der Waals surface area contributed by atoms with E-state index in [1.54, 1.807) is 0 Å². The number of hydrogen-bond acceptors (Lipinski definition) is 5. The van der Waals surface area contributed by atoms with Crippen molar-refractivity contribution in [1.29, 1.82) is 0 Å². The first-order valence-corrected chi connectivity index (χ1v) is 10.3. The highest BCUT2D eigenvalue weighted by Crippen LogP contribution is 2.17. The molecule has 2 atom stereocenters. The maximum Gasteiger partial charge on any atom is 0.193 e. The number of hydrogen-bond donors (Lipinski definition) is 1. The van der Waals surface area contributed by atoms with Crippen LogP contribution in [0.5, 0.6) is 0 Å². The third-order valence-electron chi connectivity index (χ3n) is 5.99. The van der Waals surface area contributed by atoms with Crippen molar-refractivity contribution < 1.29 is 9.47 Å². The van der Waals surface area contributed by atoms with Crippen molar-refractivity contribution in [2.45, 2.75) is 32.4 Å². The standard InChI is InChI=1S/C19H37N5O2/c1-16(2)18(23-8-12-26-13-9-23)14-21-19(20-3)24-5-4-17(15-24)22-6-10-25-11-7-22/h16-18H,4-15H2,1-3H3,(H,20,21). The van der Waals surface area contributed by atoms with E-state index in [1.165, 1.54) is 6.42 Å². The Morgan fingerprint density at radius 2 is 1.69 bits per heavy atom. The van der Waals surface area contributed by atoms with Crippen molar-refractivity contribution >= 4 is 5.96 Å². The molecule has 0 aromatic carbocycles. The number of guanidine groups is 1. The zero-order valence-corrected chi connectivity index (χ0v) is 16.8. The SMILES string of the molecule is CN=C(NCC(C(C)C)N1CCOCC1)N1CCC(N2CCOCC2)C1. The summed E-state index contributed by atoms with van der Waals surface area (Å²) in [6, 6.07) is 1.16. The Hall–Kier alpha value is -0.890. The van der Waals surface area contributed by atoms with Crippen molar-refractivity contribution in [3.05, 3.63) is 0 Å². The minimum Gasteiger partial charge on any atom is -0.379 e. The molecular formula is C19H37N5O2. The third kappa shape index (κ3) is 5.09. The van der Waals surface area contributed by atoms with Crippen molar-refractivity contribution in [3.63, 3.8) is 0 Å². The molecule has 0 bridgehead atoms. The molecule has 150 valence electrons. The molecule has 26 heavy (non-hydrogen) atoms. The van der Waals surface area contributed by atoms with Crippen LogP contribution in [0.4, 0.5) is 0 Å². The van der Waals surface area contributed by atoms with Crippen LogP contribution in [-0.4, -0.2) is 112 Å². The average Bonchev–Trinajstić information content (AvgIpc) is 3.16. The normalized spacial score (nSPS) is 27.9. The van der Waals surface area contributed by atoms with Crippen LogP contribution in [0.2, 0.25) is 0 Å². The van der Waals surface area contributed by atoms with Gasteiger partial charge in [0.2, 0.25) is 0 Å². The van der Waals surface area contributed by atoms with E-state index in [4.69, 9.17) is 9.47 Å². The molecule has 0 spiro atoms. The van der Waals surface area contributed by atoms with Crippen molar-refractivity contribution in [1.82, 2.24) is 20.0 Å². The van der Waals surface area contributed by atoms with E-state index in [1.807, 2.05) is 7.05 Å². The van der Waals surface area contributed by atoms with E-state index in [2.05, 4.69) is 38.9 Å². The zero-order chi connectivity index (χ0) is 18.4. The fourth-order valence-electron chi connectivity index (χ4n) is 4.40. The fraction of sp³-hybridized carbons (Fsp3) is 0.947. The zero-order valence-electron chi connectivity index (χ0n) is 16.8. The lowest BCUT2D eigenvalue weighted by molar-refractivity contribution is 0.00738. The van der Waals surface area contributed by atoms with Gasteiger partial charge in [-0.1, -0.05) is 13.8 Å². The second-order valence-electron chi connectivity index (χ2n) is 7.92. The Kier molecular flexibility index (Phi) is 7.54. The largest absolute Gasteiger partial charge is 0.379 e. The molecule has 0 amide bonds. The summed E-state index contributed by atoms with van der Waals surface area (Å²) in [5.41, 5.74) is 0. The van der Waals surface area contributed by atoms with Gasteiger partial charge in [0, 0.05) is 64.9 Å². The van der Waals surface area contributed by atoms with Gasteiger partial charge in [0.1, 0.15) is 0 Å². The van der Waals surface area contributed by atoms with Gasteiger partial charge in [-0.15, -0.1) is 0 Å². The van der Waals surface area contributed by atoms with E-state index in [9.17, 15) is 0 Å². The van der Waals surface area contributed by atoms with Gasteiger partial charge < -0.3 is 19.7 Å². The second-order valence-corrected chi connectivity index (χ2v) is 7.92. The van der Waals surface area contributed by atoms with Crippen molar-refractivity contribution in [2.24, 2.45) is 10.9 Å². The van der Waals surface area contributed by atoms with Gasteiger partial charge in [0.15, 0.2) is 5.96 Å². The molecule has 7 nitrogen and oxygen atoms in total. The summed E-state index contributed by atoms with van der Waals surface area (Å²) in [6.07, 6.45) is 1.22. The monoisotopic (exact) mass is 367 g/mol. The van der Waals surface area contributed by atoms with Crippen LogP contribution >= 0.6 is 0 Å². The third-order valence-corrected chi connectivity index (χ3v) is 5.99. The van der Waals surface area contributed by atoms with Gasteiger partial charge in [-0.2, -0.15) is 0 Å². The molecule has 3 aliphatic heterocycles. The molecule has 0 radical (unpaired) electrons. The molecule has 3 fully saturated rings. The van der Waals surface area contributed by atoms with Crippen LogP contribution in [0.1, 0.15) is 20.3 Å². The Bertz CT molecular complexity index is 447. The number of nitrogens with zero attached hydrogens (tertiary/aromatic N) is 4. The van der Waals surface area contributed by atoms with Crippen LogP contribution in [0.15, 0.2) is 4.99 Å². The van der Waals surface area contributed by atoms with Crippen molar-refractivity contribution in [3.8, 4) is 0 Å². The Labute approximate surface area is 158 Å². The topological polar surface area (TPSA) is 52.6 Å². The lowest BCUT2D eigenvalue weighted by Crippen LogP contribution is -2.53. The molecule has 2 unspecified atom stereocenters. The Morgan fingerprint density at radius 1 is 1.04 bits per heavy atom. The van der Waals surface area contributed by atoms with Crippen molar-refractivity contribution in [2.75, 3.05) is 79.3 Å². The highest BCUT2D eigenvalue weighted by molar-refractivity contribution is 5.80. The van der Waals surface area contributed by atoms with E-state index in [-0.39, 0.29) is 0 Å². The predicted octanol–water partition coefficient (Wildman–Crippen LogP) is 0.325. The summed E-state index contributed by atoms with van der Waals surface area (Å²) >= 11 is 0. The summed E-state index contributed by atoms with van der Waals surface area (Å²) in [6.45, 7) is 15.4. The molecule has 0 aromatic rings. The number of aliphatic imine (C=N–C) groups is 1. The van der Waals surface area contributed by atoms with E-state index in [0.717, 1.165) is 78.2 Å². The minimum atomic E-state index is 0.522. The first-order chi connectivity index (χ1) is 12.7. The highest BCUT2D eigenvalue weighted by atomic mass is 16.5. The summed E-state index contributed by atoms with van der Waals surface area (Å²) in [7, 11) is 1.91. The number of nitrogens with one attached hydrogen (secondary N) is 1. The van der Waals surface area contributed by atoms with Gasteiger partial charge in [0.25, 0.3) is 0 Å². The maximum absolute atomic E-state index is 5.52. The lowest BCUT2D eigenvalue weighted by atomic mass is 10.0. The fourth-order valence-corrected chi connectivity index (χ4v) is 4.40. The molecule has 1 N–H and O–H groups in total. The van der Waals surface area contributed by atoms with Crippen LogP contribution < -0.4 is 5.32 Å². The van der Waals surface area contributed by atoms with Gasteiger partial charge in [-0.05, 0) is 12.3 Å². The maximum atomic E-state index is 5.52. The van der Waals surface area contributed by atoms with Gasteiger partial charge in [0.05, 0.1) is 26.4 Å². The average molecular weight is 368 g/mol. The van der Waals surface area contributed by atoms with Gasteiger partial charge in [-0.25, -0.2) is 0 Å². The van der Waals surface area contributed by atoms with Crippen LogP contribution in [0.3, 0.4) is 0 Å². The van der Waals surface area contributed by atoms with Crippen LogP contribution in [-0.2, 0) is 9.47 Å². The quantitative estimate of drug-likeness (QED) is 0.558. The molecule has 3 saturated heterocycles. The highest BCUT2D eigenvalue weighted by Gasteiger charge is 2.31. The molecule has 0 saturated carbocycles. The molecular weight excluding hydrogens is 330 g/mol. The van der Waals surface area contributed by atoms with E-state index < -0.39 is 0 Å². The van der Waals surface area contributed by atoms with Gasteiger partial charge >= 0.3 is 0 Å². The Balaban J connectivity index is 1.50. The first kappa shape index (κ1) is 19.9. The molecule has 3 aliphatic rings. The van der Waals surface area contributed by atoms with Crippen LogP contribution in [0, 0.1) is 5.92 Å². The lowest BCUT2D eigenvalue weighted by Gasteiger charge is -2.37. The molecule has 3 heterocycles. The van der Waals surface area contributed by atoms with E-state index in [0.29, 0.717) is 18.0 Å². The minimum absolute atomic E-state index is 0.522. The molecule has 7 heteroatoms. The summed E-state index contributed by atoms with van der Waals surface area (Å²) in [4.78, 5) is 12.1. The number of morpholine rings is 2. The predicted molar refractivity (Wildman–Crippen MR) is 105 cm³/mol. The number of rotatable bonds is 5. The number of likely N-dealkylation sites (tertiary alicyclic amines) is 1. The smallest absolute Gasteiger partial charge is 0.193 e. The summed E-state index contributed by atoms with van der Waals surface area (Å²) in [5, 5.41) is 3.66. The second kappa shape index (κ2) is 9.88. The summed E-state index contributed by atoms with van der Waals surface area (Å²) in [5.74, 6) is 1.66. The number of ether oxygens (including phenoxy) is 2. The van der Waals surface area contributed by atoms with Crippen LogP contribution in [0.25, 0.3) is 0 Å². The first-order valence-electron chi connectivity index (χ1n) is 10.3. The molecule has 3 rings (SSSR count). The molecule has 0 aliphatic carbocycles. The van der Waals surface area contributed by atoms with Gasteiger partial charge in [-0.3, -0.25) is 14.8 Å². The molecule has 0 aromatic heterocycles. The van der Waals surface area contributed by atoms with E-state index >= 15 is 0 Å².